The fraction of sp³-hybridized carbons (Fsp3) is 0.375. The first kappa shape index (κ1) is 13.0. The minimum atomic E-state index is -4.92. The summed E-state index contributed by atoms with van der Waals surface area (Å²) >= 11 is 0. The number of rotatable bonds is 3. The molecule has 94 valence electrons. The third kappa shape index (κ3) is 2.95. The number of nitro groups is 1. The first-order valence-electron chi connectivity index (χ1n) is 4.20. The van der Waals surface area contributed by atoms with E-state index in [1.54, 1.807) is 0 Å². The predicted molar refractivity (Wildman–Crippen MR) is 48.9 cm³/mol. The molecule has 0 amide bonds. The number of alkyl halides is 3. The van der Waals surface area contributed by atoms with E-state index in [2.05, 4.69) is 14.5 Å². The molecule has 6 nitrogen and oxygen atoms in total. The molecule has 0 N–H and O–H groups in total. The molecule has 17 heavy (non-hydrogen) atoms. The molecule has 0 fully saturated rings. The summed E-state index contributed by atoms with van der Waals surface area (Å²) in [6, 6.07) is 0. The van der Waals surface area contributed by atoms with Gasteiger partial charge in [-0.2, -0.15) is 0 Å². The topological polar surface area (TPSA) is 74.5 Å². The van der Waals surface area contributed by atoms with Crippen LogP contribution in [0.25, 0.3) is 0 Å². The molecule has 1 rings (SSSR count). The second-order valence-corrected chi connectivity index (χ2v) is 2.91. The number of methoxy groups -OCH3 is 1. The minimum Gasteiger partial charge on any atom is -0.492 e. The summed E-state index contributed by atoms with van der Waals surface area (Å²) < 4.78 is 44.3. The van der Waals surface area contributed by atoms with Crippen LogP contribution in [0.2, 0.25) is 0 Å². The van der Waals surface area contributed by atoms with Crippen molar-refractivity contribution in [1.82, 2.24) is 4.98 Å². The SMILES string of the molecule is COc1c(OC(F)(F)F)cnc([N+](=O)[O-])c1C. The Bertz CT molecular complexity index is 447. The van der Waals surface area contributed by atoms with E-state index in [9.17, 15) is 23.3 Å². The van der Waals surface area contributed by atoms with Crippen molar-refractivity contribution in [2.45, 2.75) is 13.3 Å². The Hall–Kier alpha value is -2.06. The van der Waals surface area contributed by atoms with E-state index in [4.69, 9.17) is 0 Å². The highest BCUT2D eigenvalue weighted by Crippen LogP contribution is 2.37. The van der Waals surface area contributed by atoms with Gasteiger partial charge in [0.25, 0.3) is 0 Å². The van der Waals surface area contributed by atoms with Crippen LogP contribution in [0.3, 0.4) is 0 Å². The Balaban J connectivity index is 3.26. The summed E-state index contributed by atoms with van der Waals surface area (Å²) in [6.07, 6.45) is -4.32. The van der Waals surface area contributed by atoms with Crippen LogP contribution < -0.4 is 9.47 Å². The number of pyridine rings is 1. The molecule has 0 aliphatic rings. The summed E-state index contributed by atoms with van der Waals surface area (Å²) in [7, 11) is 1.08. The van der Waals surface area contributed by atoms with Crippen molar-refractivity contribution in [3.63, 3.8) is 0 Å². The molecule has 0 bridgehead atoms. The summed E-state index contributed by atoms with van der Waals surface area (Å²) in [6.45, 7) is 1.22. The number of nitrogens with zero attached hydrogens (tertiary/aromatic N) is 2. The maximum absolute atomic E-state index is 12.0. The average Bonchev–Trinajstić information content (AvgIpc) is 2.15. The van der Waals surface area contributed by atoms with Crippen molar-refractivity contribution in [2.24, 2.45) is 0 Å². The Morgan fingerprint density at radius 1 is 1.47 bits per heavy atom. The lowest BCUT2D eigenvalue weighted by molar-refractivity contribution is -0.390. The monoisotopic (exact) mass is 252 g/mol. The zero-order valence-electron chi connectivity index (χ0n) is 8.74. The zero-order valence-corrected chi connectivity index (χ0v) is 8.74. The van der Waals surface area contributed by atoms with Gasteiger partial charge in [-0.15, -0.1) is 13.2 Å². The van der Waals surface area contributed by atoms with E-state index in [1.165, 1.54) is 6.92 Å². The van der Waals surface area contributed by atoms with Crippen molar-refractivity contribution in [2.75, 3.05) is 7.11 Å². The normalized spacial score (nSPS) is 11.1. The average molecular weight is 252 g/mol. The van der Waals surface area contributed by atoms with E-state index in [1.807, 2.05) is 0 Å². The van der Waals surface area contributed by atoms with E-state index in [0.29, 0.717) is 6.20 Å². The van der Waals surface area contributed by atoms with Crippen LogP contribution in [0.5, 0.6) is 11.5 Å². The second-order valence-electron chi connectivity index (χ2n) is 2.91. The van der Waals surface area contributed by atoms with Crippen molar-refractivity contribution in [3.05, 3.63) is 21.9 Å². The molecular formula is C8H7F3N2O4. The number of hydrogen-bond acceptors (Lipinski definition) is 5. The number of halogens is 3. The standard InChI is InChI=1S/C8H7F3N2O4/c1-4-6(16-2)5(17-8(9,10)11)3-12-7(4)13(14)15/h3H,1-2H3. The Morgan fingerprint density at radius 2 is 2.06 bits per heavy atom. The molecule has 0 aliphatic heterocycles. The smallest absolute Gasteiger partial charge is 0.492 e. The number of aromatic nitrogens is 1. The summed E-state index contributed by atoms with van der Waals surface area (Å²) in [5, 5.41) is 10.5. The van der Waals surface area contributed by atoms with Crippen LogP contribution in [0.15, 0.2) is 6.20 Å². The number of hydrogen-bond donors (Lipinski definition) is 0. The second kappa shape index (κ2) is 4.44. The van der Waals surface area contributed by atoms with Crippen LogP contribution in [0.1, 0.15) is 5.56 Å². The molecule has 1 aromatic rings. The van der Waals surface area contributed by atoms with Gasteiger partial charge < -0.3 is 19.6 Å². The molecule has 0 unspecified atom stereocenters. The van der Waals surface area contributed by atoms with Gasteiger partial charge in [-0.05, 0) is 16.8 Å². The Kier molecular flexibility index (Phi) is 3.39. The Morgan fingerprint density at radius 3 is 2.47 bits per heavy atom. The first-order valence-corrected chi connectivity index (χ1v) is 4.20. The van der Waals surface area contributed by atoms with Gasteiger partial charge in [0.1, 0.15) is 0 Å². The largest absolute Gasteiger partial charge is 0.573 e. The molecule has 0 saturated heterocycles. The van der Waals surface area contributed by atoms with Gasteiger partial charge in [-0.3, -0.25) is 0 Å². The molecule has 9 heteroatoms. The molecule has 0 spiro atoms. The third-order valence-corrected chi connectivity index (χ3v) is 1.81. The fourth-order valence-corrected chi connectivity index (χ4v) is 1.20. The maximum Gasteiger partial charge on any atom is 0.573 e. The van der Waals surface area contributed by atoms with E-state index in [0.717, 1.165) is 7.11 Å². The van der Waals surface area contributed by atoms with Gasteiger partial charge in [0.2, 0.25) is 5.75 Å². The molecule has 0 atom stereocenters. The first-order chi connectivity index (χ1) is 7.76. The van der Waals surface area contributed by atoms with Crippen molar-refractivity contribution in [3.8, 4) is 11.5 Å². The van der Waals surface area contributed by atoms with Crippen LogP contribution in [0.4, 0.5) is 19.0 Å². The van der Waals surface area contributed by atoms with Crippen LogP contribution >= 0.6 is 0 Å². The molecular weight excluding hydrogens is 245 g/mol. The fourth-order valence-electron chi connectivity index (χ4n) is 1.20. The van der Waals surface area contributed by atoms with Crippen molar-refractivity contribution < 1.29 is 27.6 Å². The molecule has 1 heterocycles. The summed E-state index contributed by atoms with van der Waals surface area (Å²) in [4.78, 5) is 13.0. The number of ether oxygens (including phenoxy) is 2. The molecule has 0 saturated carbocycles. The van der Waals surface area contributed by atoms with Crippen LogP contribution in [0, 0.1) is 17.0 Å². The molecule has 0 aromatic carbocycles. The predicted octanol–water partition coefficient (Wildman–Crippen LogP) is 2.21. The maximum atomic E-state index is 12.0. The lowest BCUT2D eigenvalue weighted by atomic mass is 10.2. The van der Waals surface area contributed by atoms with E-state index >= 15 is 0 Å². The summed E-state index contributed by atoms with van der Waals surface area (Å²) in [5.41, 5.74) is -0.140. The Labute approximate surface area is 93.1 Å². The van der Waals surface area contributed by atoms with Crippen molar-refractivity contribution >= 4 is 5.82 Å². The lowest BCUT2D eigenvalue weighted by Gasteiger charge is -2.12. The van der Waals surface area contributed by atoms with Crippen LogP contribution in [-0.2, 0) is 0 Å². The zero-order chi connectivity index (χ0) is 13.2. The van der Waals surface area contributed by atoms with Gasteiger partial charge in [0, 0.05) is 0 Å². The quantitative estimate of drug-likeness (QED) is 0.609. The van der Waals surface area contributed by atoms with Gasteiger partial charge >= 0.3 is 12.2 Å². The molecule has 0 aliphatic carbocycles. The minimum absolute atomic E-state index is 0.140. The van der Waals surface area contributed by atoms with Gasteiger partial charge in [-0.25, -0.2) is 0 Å². The molecule has 1 aromatic heterocycles. The lowest BCUT2D eigenvalue weighted by Crippen LogP contribution is -2.18. The van der Waals surface area contributed by atoms with Gasteiger partial charge in [0.05, 0.1) is 12.7 Å². The summed E-state index contributed by atoms with van der Waals surface area (Å²) in [5.74, 6) is -1.68. The molecule has 0 radical (unpaired) electrons. The third-order valence-electron chi connectivity index (χ3n) is 1.81. The van der Waals surface area contributed by atoms with Crippen LogP contribution in [-0.4, -0.2) is 23.4 Å². The highest BCUT2D eigenvalue weighted by molar-refractivity contribution is 5.51. The van der Waals surface area contributed by atoms with E-state index < -0.39 is 22.9 Å². The highest BCUT2D eigenvalue weighted by Gasteiger charge is 2.34. The van der Waals surface area contributed by atoms with E-state index in [-0.39, 0.29) is 11.3 Å². The van der Waals surface area contributed by atoms with Crippen molar-refractivity contribution in [1.29, 1.82) is 0 Å². The van der Waals surface area contributed by atoms with Gasteiger partial charge in [-0.1, -0.05) is 0 Å². The van der Waals surface area contributed by atoms with Gasteiger partial charge in [0.15, 0.2) is 11.9 Å². The highest BCUT2D eigenvalue weighted by atomic mass is 19.4.